The molecule has 172 valence electrons. The van der Waals surface area contributed by atoms with Crippen LogP contribution in [0.25, 0.3) is 22.4 Å². The van der Waals surface area contributed by atoms with Gasteiger partial charge >= 0.3 is 0 Å². The Kier molecular flexibility index (Phi) is 6.29. The second kappa shape index (κ2) is 9.82. The van der Waals surface area contributed by atoms with Crippen molar-refractivity contribution < 1.29 is 9.59 Å². The lowest BCUT2D eigenvalue weighted by molar-refractivity contribution is -0.120. The molecule has 0 spiro atoms. The largest absolute Gasteiger partial charge is 0.337 e. The summed E-state index contributed by atoms with van der Waals surface area (Å²) in [6, 6.07) is 14.4. The number of carbonyl (C=O) groups excluding carboxylic acids is 2. The van der Waals surface area contributed by atoms with E-state index in [-0.39, 0.29) is 17.7 Å². The number of amides is 2. The Labute approximate surface area is 197 Å². The molecule has 0 bridgehead atoms. The van der Waals surface area contributed by atoms with Crippen molar-refractivity contribution in [2.24, 2.45) is 5.92 Å². The number of nitrogens with one attached hydrogen (secondary N) is 3. The van der Waals surface area contributed by atoms with Crippen LogP contribution >= 0.6 is 0 Å². The second-order valence-corrected chi connectivity index (χ2v) is 8.60. The van der Waals surface area contributed by atoms with Gasteiger partial charge in [-0.3, -0.25) is 14.6 Å². The van der Waals surface area contributed by atoms with Gasteiger partial charge in [0, 0.05) is 29.4 Å². The summed E-state index contributed by atoms with van der Waals surface area (Å²) in [6.07, 6.45) is 9.80. The summed E-state index contributed by atoms with van der Waals surface area (Å²) in [5, 5.41) is 5.81. The number of H-pyrrole nitrogens is 1. The molecule has 0 unspecified atom stereocenters. The molecule has 2 amide bonds. The number of rotatable bonds is 5. The minimum absolute atomic E-state index is 0.0489. The molecular weight excluding hydrogens is 428 g/mol. The number of imidazole rings is 1. The van der Waals surface area contributed by atoms with Crippen molar-refractivity contribution in [1.82, 2.24) is 19.9 Å². The van der Waals surface area contributed by atoms with Crippen molar-refractivity contribution >= 4 is 34.4 Å². The van der Waals surface area contributed by atoms with Crippen LogP contribution < -0.4 is 10.6 Å². The van der Waals surface area contributed by atoms with E-state index in [0.717, 1.165) is 42.3 Å². The fourth-order valence-corrected chi connectivity index (χ4v) is 4.29. The molecule has 5 rings (SSSR count). The summed E-state index contributed by atoms with van der Waals surface area (Å²) in [4.78, 5) is 41.3. The highest BCUT2D eigenvalue weighted by Gasteiger charge is 2.20. The average Bonchev–Trinajstić information content (AvgIpc) is 3.09. The van der Waals surface area contributed by atoms with E-state index in [4.69, 9.17) is 0 Å². The monoisotopic (exact) mass is 454 g/mol. The molecule has 0 saturated heterocycles. The predicted molar refractivity (Wildman–Crippen MR) is 131 cm³/mol. The SMILES string of the molecule is O=C(Nc1ccc(-c2nc3cc(NC(=O)C4CCCCCC4)ncc3[nH]2)cc1)c1ccccn1. The summed E-state index contributed by atoms with van der Waals surface area (Å²) in [5.74, 6) is 1.06. The van der Waals surface area contributed by atoms with Gasteiger partial charge in [0.25, 0.3) is 5.91 Å². The molecule has 3 aromatic heterocycles. The summed E-state index contributed by atoms with van der Waals surface area (Å²) in [5.41, 5.74) is 3.42. The molecule has 3 heterocycles. The molecule has 4 aromatic rings. The van der Waals surface area contributed by atoms with Gasteiger partial charge in [-0.2, -0.15) is 0 Å². The summed E-state index contributed by atoms with van der Waals surface area (Å²) < 4.78 is 0. The van der Waals surface area contributed by atoms with Crippen LogP contribution in [0.4, 0.5) is 11.5 Å². The van der Waals surface area contributed by atoms with Crippen molar-refractivity contribution in [3.63, 3.8) is 0 Å². The van der Waals surface area contributed by atoms with E-state index in [1.165, 1.54) is 12.8 Å². The molecule has 34 heavy (non-hydrogen) atoms. The fraction of sp³-hybridized carbons (Fsp3) is 0.269. The van der Waals surface area contributed by atoms with Crippen LogP contribution in [0.15, 0.2) is 60.9 Å². The van der Waals surface area contributed by atoms with Crippen LogP contribution in [0.1, 0.15) is 49.0 Å². The first-order chi connectivity index (χ1) is 16.7. The van der Waals surface area contributed by atoms with Crippen LogP contribution in [0.2, 0.25) is 0 Å². The van der Waals surface area contributed by atoms with Crippen LogP contribution in [-0.2, 0) is 4.79 Å². The normalized spacial score (nSPS) is 14.5. The van der Waals surface area contributed by atoms with E-state index in [9.17, 15) is 9.59 Å². The lowest BCUT2D eigenvalue weighted by atomic mass is 9.99. The summed E-state index contributed by atoms with van der Waals surface area (Å²) in [7, 11) is 0. The first-order valence-corrected chi connectivity index (χ1v) is 11.7. The van der Waals surface area contributed by atoms with Crippen LogP contribution in [0.3, 0.4) is 0 Å². The number of hydrogen-bond acceptors (Lipinski definition) is 5. The van der Waals surface area contributed by atoms with Gasteiger partial charge in [0.15, 0.2) is 0 Å². The minimum atomic E-state index is -0.262. The number of pyridine rings is 2. The third-order valence-electron chi connectivity index (χ3n) is 6.16. The molecule has 1 saturated carbocycles. The maximum Gasteiger partial charge on any atom is 0.274 e. The van der Waals surface area contributed by atoms with Crippen LogP contribution in [0, 0.1) is 5.92 Å². The Hall–Kier alpha value is -4.07. The van der Waals surface area contributed by atoms with Crippen molar-refractivity contribution in [3.05, 3.63) is 66.6 Å². The van der Waals surface area contributed by atoms with Crippen LogP contribution in [0.5, 0.6) is 0 Å². The zero-order chi connectivity index (χ0) is 23.3. The van der Waals surface area contributed by atoms with Gasteiger partial charge in [-0.15, -0.1) is 0 Å². The lowest BCUT2D eigenvalue weighted by Crippen LogP contribution is -2.22. The maximum absolute atomic E-state index is 12.7. The molecule has 8 heteroatoms. The number of hydrogen-bond donors (Lipinski definition) is 3. The molecule has 0 radical (unpaired) electrons. The maximum atomic E-state index is 12.7. The molecule has 0 aliphatic heterocycles. The number of benzene rings is 1. The molecule has 1 fully saturated rings. The zero-order valence-corrected chi connectivity index (χ0v) is 18.8. The molecule has 1 aliphatic carbocycles. The number of carbonyl (C=O) groups is 2. The Morgan fingerprint density at radius 1 is 0.912 bits per heavy atom. The summed E-state index contributed by atoms with van der Waals surface area (Å²) in [6.45, 7) is 0. The van der Waals surface area contributed by atoms with Gasteiger partial charge in [-0.25, -0.2) is 9.97 Å². The van der Waals surface area contributed by atoms with Crippen molar-refractivity contribution in [2.75, 3.05) is 10.6 Å². The van der Waals surface area contributed by atoms with E-state index >= 15 is 0 Å². The Morgan fingerprint density at radius 2 is 1.71 bits per heavy atom. The number of nitrogens with zero attached hydrogens (tertiary/aromatic N) is 3. The van der Waals surface area contributed by atoms with E-state index in [0.29, 0.717) is 23.0 Å². The van der Waals surface area contributed by atoms with Crippen molar-refractivity contribution in [3.8, 4) is 11.4 Å². The van der Waals surface area contributed by atoms with Gasteiger partial charge in [0.05, 0.1) is 17.2 Å². The highest BCUT2D eigenvalue weighted by Crippen LogP contribution is 2.26. The third kappa shape index (κ3) is 4.96. The zero-order valence-electron chi connectivity index (χ0n) is 18.8. The highest BCUT2D eigenvalue weighted by molar-refractivity contribution is 6.02. The first kappa shape index (κ1) is 21.8. The smallest absolute Gasteiger partial charge is 0.274 e. The van der Waals surface area contributed by atoms with Crippen molar-refractivity contribution in [2.45, 2.75) is 38.5 Å². The first-order valence-electron chi connectivity index (χ1n) is 11.7. The molecule has 0 atom stereocenters. The van der Waals surface area contributed by atoms with Crippen molar-refractivity contribution in [1.29, 1.82) is 0 Å². The molecule has 8 nitrogen and oxygen atoms in total. The quantitative estimate of drug-likeness (QED) is 0.360. The highest BCUT2D eigenvalue weighted by atomic mass is 16.2. The topological polar surface area (TPSA) is 113 Å². The van der Waals surface area contributed by atoms with Gasteiger partial charge in [-0.1, -0.05) is 31.7 Å². The van der Waals surface area contributed by atoms with Gasteiger partial charge in [0.1, 0.15) is 17.3 Å². The lowest BCUT2D eigenvalue weighted by Gasteiger charge is -2.13. The van der Waals surface area contributed by atoms with Gasteiger partial charge in [-0.05, 0) is 49.2 Å². The molecule has 3 N–H and O–H groups in total. The third-order valence-corrected chi connectivity index (χ3v) is 6.16. The number of fused-ring (bicyclic) bond motifs is 1. The minimum Gasteiger partial charge on any atom is -0.337 e. The second-order valence-electron chi connectivity index (χ2n) is 8.60. The van der Waals surface area contributed by atoms with E-state index in [2.05, 4.69) is 30.6 Å². The Balaban J connectivity index is 1.27. The van der Waals surface area contributed by atoms with E-state index < -0.39 is 0 Å². The number of anilines is 2. The molecule has 1 aliphatic rings. The molecular formula is C26H26N6O2. The number of aromatic amines is 1. The average molecular weight is 455 g/mol. The standard InChI is InChI=1S/C26H26N6O2/c33-25(18-7-3-1-2-4-8-18)32-23-15-21-22(16-28-23)31-24(30-21)17-10-12-19(13-11-17)29-26(34)20-9-5-6-14-27-20/h5-6,9-16,18H,1-4,7-8H2,(H,29,34)(H,30,31)(H,28,32,33). The Morgan fingerprint density at radius 3 is 2.44 bits per heavy atom. The predicted octanol–water partition coefficient (Wildman–Crippen LogP) is 5.18. The van der Waals surface area contributed by atoms with E-state index in [1.807, 2.05) is 24.3 Å². The van der Waals surface area contributed by atoms with E-state index in [1.54, 1.807) is 36.7 Å². The number of aromatic nitrogens is 4. The van der Waals surface area contributed by atoms with Gasteiger partial charge in [0.2, 0.25) is 5.91 Å². The fourth-order valence-electron chi connectivity index (χ4n) is 4.29. The Bertz CT molecular complexity index is 1290. The summed E-state index contributed by atoms with van der Waals surface area (Å²) >= 11 is 0. The van der Waals surface area contributed by atoms with Gasteiger partial charge < -0.3 is 15.6 Å². The van der Waals surface area contributed by atoms with Crippen LogP contribution in [-0.4, -0.2) is 31.8 Å². The molecule has 1 aromatic carbocycles.